The Morgan fingerprint density at radius 3 is 1.61 bits per heavy atom. The van der Waals surface area contributed by atoms with Crippen molar-refractivity contribution >= 4 is 22.3 Å². The Kier molecular flexibility index (Phi) is 11.2. The Bertz CT molecular complexity index is 1210. The molecule has 1 aliphatic carbocycles. The third-order valence-electron chi connectivity index (χ3n) is 7.44. The number of aryl methyl sites for hydroxylation is 2. The van der Waals surface area contributed by atoms with Crippen molar-refractivity contribution in [3.8, 4) is 0 Å². The number of rotatable bonds is 6. The van der Waals surface area contributed by atoms with E-state index >= 15 is 0 Å². The zero-order valence-electron chi connectivity index (χ0n) is 21.8. The van der Waals surface area contributed by atoms with E-state index in [0.29, 0.717) is 5.92 Å². The molecule has 1 amide bonds. The molecule has 1 aliphatic rings. The third-order valence-corrected chi connectivity index (χ3v) is 34.0. The minimum Gasteiger partial charge on any atom is -1.00 e. The topological polar surface area (TPSA) is 29.1 Å². The summed E-state index contributed by atoms with van der Waals surface area (Å²) in [5, 5.41) is 2.87. The molecule has 2 nitrogen and oxygen atoms in total. The molecule has 0 aliphatic heterocycles. The number of hydrogen-bond donors (Lipinski definition) is 1. The average molecular weight is 702 g/mol. The maximum Gasteiger partial charge on any atom is -1.00 e. The molecule has 36 heavy (non-hydrogen) atoms. The second-order valence-corrected chi connectivity index (χ2v) is 28.4. The molecule has 0 heterocycles. The molecule has 187 valence electrons. The molecule has 1 atom stereocenters. The molecule has 0 saturated carbocycles. The molecule has 4 rings (SSSR count). The van der Waals surface area contributed by atoms with Crippen LogP contribution in [0.5, 0.6) is 0 Å². The first-order valence-electron chi connectivity index (χ1n) is 12.0. The van der Waals surface area contributed by atoms with Gasteiger partial charge in [-0.25, -0.2) is 0 Å². The van der Waals surface area contributed by atoms with Gasteiger partial charge in [-0.05, 0) is 0 Å². The van der Waals surface area contributed by atoms with Crippen LogP contribution in [0, 0.1) is 19.8 Å². The van der Waals surface area contributed by atoms with Crippen LogP contribution in [0.3, 0.4) is 0 Å². The number of benzene rings is 3. The van der Waals surface area contributed by atoms with Gasteiger partial charge in [0.25, 0.3) is 0 Å². The Morgan fingerprint density at radius 2 is 1.19 bits per heavy atom. The molecule has 3 aromatic carbocycles. The van der Waals surface area contributed by atoms with Gasteiger partial charge in [0, 0.05) is 0 Å². The number of carbonyl (C=O) groups excluding carboxylic acids is 1. The minimum absolute atomic E-state index is 0. The van der Waals surface area contributed by atoms with Crippen molar-refractivity contribution in [2.45, 2.75) is 41.5 Å². The second kappa shape index (κ2) is 13.2. The van der Waals surface area contributed by atoms with Gasteiger partial charge in [0.15, 0.2) is 0 Å². The Hall–Kier alpha value is -1.72. The summed E-state index contributed by atoms with van der Waals surface area (Å²) in [6.45, 7) is 13.3. The van der Waals surface area contributed by atoms with Crippen molar-refractivity contribution in [3.63, 3.8) is 0 Å². The van der Waals surface area contributed by atoms with Crippen molar-refractivity contribution < 1.29 is 50.5 Å². The monoisotopic (exact) mass is 702 g/mol. The quantitative estimate of drug-likeness (QED) is 0.342. The third kappa shape index (κ3) is 6.04. The van der Waals surface area contributed by atoms with E-state index in [4.69, 9.17) is 0 Å². The van der Waals surface area contributed by atoms with Gasteiger partial charge in [-0.2, -0.15) is 0 Å². The van der Waals surface area contributed by atoms with E-state index in [1.165, 1.54) is 27.1 Å². The molecule has 0 radical (unpaired) electrons. The minimum atomic E-state index is -2.96. The molecule has 1 unspecified atom stereocenters. The van der Waals surface area contributed by atoms with E-state index in [9.17, 15) is 4.79 Å². The number of nitrogens with one attached hydrogen (secondary N) is 1. The van der Waals surface area contributed by atoms with Crippen LogP contribution in [-0.2, 0) is 20.9 Å². The summed E-state index contributed by atoms with van der Waals surface area (Å²) in [6, 6.07) is 28.1. The van der Waals surface area contributed by atoms with Crippen LogP contribution < -0.4 is 38.5 Å². The molecule has 0 spiro atoms. The molecule has 3 aromatic rings. The van der Waals surface area contributed by atoms with Gasteiger partial charge in [0.1, 0.15) is 0 Å². The van der Waals surface area contributed by atoms with Crippen LogP contribution in [0.4, 0.5) is 0 Å². The van der Waals surface area contributed by atoms with Gasteiger partial charge in [0.05, 0.1) is 0 Å². The summed E-state index contributed by atoms with van der Waals surface area (Å²) in [4.78, 5) is 13.9. The van der Waals surface area contributed by atoms with Gasteiger partial charge >= 0.3 is 214 Å². The van der Waals surface area contributed by atoms with Crippen LogP contribution in [0.2, 0.25) is 0 Å². The zero-order chi connectivity index (χ0) is 24.4. The fourth-order valence-electron chi connectivity index (χ4n) is 5.27. The smallest absolute Gasteiger partial charge is 1.00 e. The molecule has 0 saturated heterocycles. The summed E-state index contributed by atoms with van der Waals surface area (Å²) >= 11 is -2.96. The SMILES string of the molecule is CC1=C(C)C(C)[C]([Hf+2]([NH]C(=O)c2c(C)cccc2C)[SiH](c2ccccc2)c2ccccc2)=C1C.[Cl-].[Cl-]. The molecule has 0 fully saturated rings. The van der Waals surface area contributed by atoms with Crippen molar-refractivity contribution in [2.75, 3.05) is 0 Å². The van der Waals surface area contributed by atoms with Crippen LogP contribution >= 0.6 is 0 Å². The number of hydrogen-bond acceptors (Lipinski definition) is 1. The fraction of sp³-hybridized carbons (Fsp3) is 0.233. The standard InChI is InChI=1S/C12H11Si.C9H11NO.C9H13.2ClH.Hf/c1-3-7-11(8-4-1)13-12-9-5-2-6-10-12;1-6-4-3-5-7(2)8(6)9(10)11;1-6-5-7(2)9(4)8(6)3;;;/h1-10,13H;3-5H,1-2H3,(H2,10,11);6H,1-4H3;2*1H;/q;;;;;+3/p-3. The molecular weight excluding hydrogens is 668 g/mol. The van der Waals surface area contributed by atoms with Gasteiger partial charge in [-0.3, -0.25) is 0 Å². The first-order chi connectivity index (χ1) is 16.3. The maximum absolute atomic E-state index is 13.9. The first kappa shape index (κ1) is 30.5. The van der Waals surface area contributed by atoms with Gasteiger partial charge in [-0.15, -0.1) is 0 Å². The van der Waals surface area contributed by atoms with Gasteiger partial charge in [-0.1, -0.05) is 0 Å². The molecule has 6 heteroatoms. The van der Waals surface area contributed by atoms with Gasteiger partial charge < -0.3 is 24.8 Å². The molecule has 1 N–H and O–H groups in total. The van der Waals surface area contributed by atoms with E-state index in [1.54, 1.807) is 3.33 Å². The molecule has 0 aromatic heterocycles. The van der Waals surface area contributed by atoms with E-state index in [0.717, 1.165) is 16.7 Å². The summed E-state index contributed by atoms with van der Waals surface area (Å²) in [5.41, 5.74) is 7.26. The van der Waals surface area contributed by atoms with Crippen molar-refractivity contribution in [3.05, 3.63) is 116 Å². The number of carbonyl (C=O) groups is 1. The van der Waals surface area contributed by atoms with Crippen LogP contribution in [0.1, 0.15) is 49.2 Å². The van der Waals surface area contributed by atoms with E-state index in [-0.39, 0.29) is 30.7 Å². The Balaban J connectivity index is 0.00000228. The first-order valence-corrected chi connectivity index (χ1v) is 23.6. The Labute approximate surface area is 237 Å². The fourth-order valence-corrected chi connectivity index (χ4v) is 35.5. The zero-order valence-corrected chi connectivity index (χ0v) is 28.1. The predicted molar refractivity (Wildman–Crippen MR) is 143 cm³/mol. The van der Waals surface area contributed by atoms with Crippen molar-refractivity contribution in [2.24, 2.45) is 5.92 Å². The van der Waals surface area contributed by atoms with E-state index in [2.05, 4.69) is 118 Å². The molecular formula is C30H34Cl2HfNOSi. The van der Waals surface area contributed by atoms with Crippen molar-refractivity contribution in [1.82, 2.24) is 3.30 Å². The normalized spacial score (nSPS) is 14.9. The van der Waals surface area contributed by atoms with Crippen LogP contribution in [0.25, 0.3) is 0 Å². The van der Waals surface area contributed by atoms with Crippen LogP contribution in [0.15, 0.2) is 98.9 Å². The average Bonchev–Trinajstić information content (AvgIpc) is 3.02. The van der Waals surface area contributed by atoms with E-state index < -0.39 is 26.9 Å². The van der Waals surface area contributed by atoms with Gasteiger partial charge in [0.2, 0.25) is 0 Å². The molecule has 0 bridgehead atoms. The number of allylic oxidation sites excluding steroid dienone is 4. The summed E-state index contributed by atoms with van der Waals surface area (Å²) in [5.74, 6) is -1.14. The van der Waals surface area contributed by atoms with Crippen molar-refractivity contribution in [1.29, 1.82) is 0 Å². The maximum atomic E-state index is 13.9. The number of amides is 1. The predicted octanol–water partition coefficient (Wildman–Crippen LogP) is -0.627. The number of halogens is 2. The second-order valence-electron chi connectivity index (χ2n) is 9.46. The van der Waals surface area contributed by atoms with Crippen LogP contribution in [-0.4, -0.2) is 11.9 Å². The Morgan fingerprint density at radius 1 is 0.722 bits per heavy atom. The van der Waals surface area contributed by atoms with E-state index in [1.807, 2.05) is 6.07 Å². The summed E-state index contributed by atoms with van der Waals surface area (Å²) in [7, 11) is 0. The summed E-state index contributed by atoms with van der Waals surface area (Å²) < 4.78 is 5.39. The summed E-state index contributed by atoms with van der Waals surface area (Å²) in [6.07, 6.45) is 0. The largest absolute Gasteiger partial charge is 1.00 e.